The minimum absolute atomic E-state index is 0.0668. The highest BCUT2D eigenvalue weighted by atomic mass is 127. The maximum atomic E-state index is 11.1. The summed E-state index contributed by atoms with van der Waals surface area (Å²) in [4.78, 5) is 11.1. The normalized spacial score (nSPS) is 20.8. The van der Waals surface area contributed by atoms with E-state index in [9.17, 15) is 9.90 Å². The molecular formula is C18H20I2O4. The molecule has 0 aliphatic heterocycles. The number of allylic oxidation sites excluding steroid dienone is 3. The lowest BCUT2D eigenvalue weighted by atomic mass is 9.79. The molecule has 4 nitrogen and oxygen atoms in total. The van der Waals surface area contributed by atoms with Crippen LogP contribution in [-0.2, 0) is 4.79 Å². The largest absolute Gasteiger partial charge is 0.506 e. The summed E-state index contributed by atoms with van der Waals surface area (Å²) in [6.45, 7) is 6.15. The standard InChI is InChI=1S/C18H20I2O4/c1-4-11-5-12(6-16(21)22)9(2)10(3)18(11)24-13-7-14(19)17(23)15(20)8-13/h5,7-10,23H,4,6H2,1-3H3,(H,21,22). The van der Waals surface area contributed by atoms with E-state index in [1.54, 1.807) is 0 Å². The van der Waals surface area contributed by atoms with Crippen molar-refractivity contribution in [2.75, 3.05) is 0 Å². The lowest BCUT2D eigenvalue weighted by Crippen LogP contribution is -2.23. The molecule has 0 saturated carbocycles. The van der Waals surface area contributed by atoms with Gasteiger partial charge in [-0.15, -0.1) is 0 Å². The SMILES string of the molecule is CCC1=C(Oc2cc(I)c(O)c(I)c2)C(C)C(C)C(CC(=O)O)=C1. The molecule has 24 heavy (non-hydrogen) atoms. The summed E-state index contributed by atoms with van der Waals surface area (Å²) in [6, 6.07) is 3.62. The summed E-state index contributed by atoms with van der Waals surface area (Å²) in [7, 11) is 0. The molecule has 1 aliphatic rings. The molecular weight excluding hydrogens is 534 g/mol. The third-order valence-electron chi connectivity index (χ3n) is 4.38. The van der Waals surface area contributed by atoms with Gasteiger partial charge in [-0.2, -0.15) is 0 Å². The lowest BCUT2D eigenvalue weighted by Gasteiger charge is -2.31. The maximum absolute atomic E-state index is 11.1. The molecule has 0 bridgehead atoms. The van der Waals surface area contributed by atoms with Gasteiger partial charge in [0.1, 0.15) is 17.3 Å². The second-order valence-electron chi connectivity index (χ2n) is 5.95. The van der Waals surface area contributed by atoms with Crippen molar-refractivity contribution >= 4 is 51.2 Å². The van der Waals surface area contributed by atoms with E-state index < -0.39 is 5.97 Å². The molecule has 130 valence electrons. The first-order valence-corrected chi connectivity index (χ1v) is 9.91. The zero-order valence-corrected chi connectivity index (χ0v) is 18.1. The topological polar surface area (TPSA) is 66.8 Å². The van der Waals surface area contributed by atoms with Crippen LogP contribution in [0.15, 0.2) is 35.1 Å². The Bertz CT molecular complexity index is 699. The molecule has 0 fully saturated rings. The average molecular weight is 554 g/mol. The number of phenolic OH excluding ortho intramolecular Hbond substituents is 1. The Morgan fingerprint density at radius 1 is 1.21 bits per heavy atom. The number of halogens is 2. The quantitative estimate of drug-likeness (QED) is 0.484. The molecule has 0 spiro atoms. The van der Waals surface area contributed by atoms with E-state index in [1.807, 2.05) is 32.1 Å². The predicted molar refractivity (Wildman–Crippen MR) is 110 cm³/mol. The van der Waals surface area contributed by atoms with Crippen LogP contribution in [0.2, 0.25) is 0 Å². The average Bonchev–Trinajstić information content (AvgIpc) is 2.51. The van der Waals surface area contributed by atoms with Gasteiger partial charge in [0.2, 0.25) is 0 Å². The van der Waals surface area contributed by atoms with Crippen LogP contribution >= 0.6 is 45.2 Å². The molecule has 1 aromatic carbocycles. The summed E-state index contributed by atoms with van der Waals surface area (Å²) in [6.07, 6.45) is 2.82. The van der Waals surface area contributed by atoms with Gasteiger partial charge in [-0.1, -0.05) is 32.4 Å². The van der Waals surface area contributed by atoms with Gasteiger partial charge in [0.15, 0.2) is 0 Å². The Hall–Kier alpha value is -0.770. The Balaban J connectivity index is 2.41. The van der Waals surface area contributed by atoms with E-state index in [4.69, 9.17) is 9.84 Å². The number of aromatic hydroxyl groups is 1. The molecule has 0 amide bonds. The first-order valence-electron chi connectivity index (χ1n) is 7.75. The minimum atomic E-state index is -0.803. The van der Waals surface area contributed by atoms with Gasteiger partial charge in [-0.3, -0.25) is 4.79 Å². The first kappa shape index (κ1) is 19.6. The fourth-order valence-corrected chi connectivity index (χ4v) is 4.53. The number of carbonyl (C=O) groups is 1. The molecule has 1 aliphatic carbocycles. The Morgan fingerprint density at radius 3 is 2.29 bits per heavy atom. The molecule has 0 radical (unpaired) electrons. The Labute approximate surface area is 169 Å². The van der Waals surface area contributed by atoms with Gasteiger partial charge in [0.25, 0.3) is 0 Å². The van der Waals surface area contributed by atoms with Crippen molar-refractivity contribution in [3.63, 3.8) is 0 Å². The molecule has 2 unspecified atom stereocenters. The van der Waals surface area contributed by atoms with Crippen molar-refractivity contribution in [2.45, 2.75) is 33.6 Å². The van der Waals surface area contributed by atoms with Crippen LogP contribution < -0.4 is 4.74 Å². The number of benzene rings is 1. The highest BCUT2D eigenvalue weighted by Crippen LogP contribution is 2.39. The van der Waals surface area contributed by atoms with Crippen molar-refractivity contribution < 1.29 is 19.7 Å². The molecule has 0 aromatic heterocycles. The van der Waals surface area contributed by atoms with Gasteiger partial charge >= 0.3 is 5.97 Å². The van der Waals surface area contributed by atoms with Crippen molar-refractivity contribution in [2.24, 2.45) is 11.8 Å². The van der Waals surface area contributed by atoms with Crippen molar-refractivity contribution in [1.82, 2.24) is 0 Å². The molecule has 2 rings (SSSR count). The molecule has 0 heterocycles. The van der Waals surface area contributed by atoms with Crippen LogP contribution in [0.3, 0.4) is 0 Å². The maximum Gasteiger partial charge on any atom is 0.307 e. The zero-order chi connectivity index (χ0) is 18.0. The van der Waals surface area contributed by atoms with E-state index in [-0.39, 0.29) is 24.0 Å². The Kier molecular flexibility index (Phi) is 6.58. The molecule has 0 saturated heterocycles. The number of phenols is 1. The zero-order valence-electron chi connectivity index (χ0n) is 13.8. The van der Waals surface area contributed by atoms with Gasteiger partial charge in [0, 0.05) is 5.92 Å². The van der Waals surface area contributed by atoms with Gasteiger partial charge in [0.05, 0.1) is 13.6 Å². The van der Waals surface area contributed by atoms with Gasteiger partial charge < -0.3 is 14.9 Å². The highest BCUT2D eigenvalue weighted by molar-refractivity contribution is 14.1. The van der Waals surface area contributed by atoms with Crippen LogP contribution in [0.4, 0.5) is 0 Å². The number of hydrogen-bond donors (Lipinski definition) is 2. The van der Waals surface area contributed by atoms with E-state index in [2.05, 4.69) is 52.1 Å². The van der Waals surface area contributed by atoms with E-state index in [1.165, 1.54) is 0 Å². The third-order valence-corrected chi connectivity index (χ3v) is 6.02. The Morgan fingerprint density at radius 2 is 1.79 bits per heavy atom. The molecule has 1 aromatic rings. The van der Waals surface area contributed by atoms with Gasteiger partial charge in [-0.25, -0.2) is 0 Å². The number of carboxylic acid groups (broad SMARTS) is 1. The van der Waals surface area contributed by atoms with Crippen LogP contribution in [0.1, 0.15) is 33.6 Å². The minimum Gasteiger partial charge on any atom is -0.506 e. The molecule has 6 heteroatoms. The first-order chi connectivity index (χ1) is 11.2. The van der Waals surface area contributed by atoms with Crippen LogP contribution in [0.5, 0.6) is 11.5 Å². The lowest BCUT2D eigenvalue weighted by molar-refractivity contribution is -0.136. The van der Waals surface area contributed by atoms with Crippen LogP contribution in [0.25, 0.3) is 0 Å². The molecule has 2 N–H and O–H groups in total. The number of hydrogen-bond acceptors (Lipinski definition) is 3. The monoisotopic (exact) mass is 554 g/mol. The summed E-state index contributed by atoms with van der Waals surface area (Å²) in [5, 5.41) is 19.0. The van der Waals surface area contributed by atoms with Crippen LogP contribution in [-0.4, -0.2) is 16.2 Å². The predicted octanol–water partition coefficient (Wildman–Crippen LogP) is 5.33. The number of rotatable bonds is 5. The second-order valence-corrected chi connectivity index (χ2v) is 8.27. The summed E-state index contributed by atoms with van der Waals surface area (Å²) < 4.78 is 7.66. The van der Waals surface area contributed by atoms with E-state index >= 15 is 0 Å². The highest BCUT2D eigenvalue weighted by Gasteiger charge is 2.29. The summed E-state index contributed by atoms with van der Waals surface area (Å²) >= 11 is 4.16. The fraction of sp³-hybridized carbons (Fsp3) is 0.389. The third kappa shape index (κ3) is 4.25. The number of aliphatic carboxylic acids is 1. The summed E-state index contributed by atoms with van der Waals surface area (Å²) in [5.41, 5.74) is 1.98. The number of ether oxygens (including phenoxy) is 1. The molecule has 2 atom stereocenters. The van der Waals surface area contributed by atoms with Gasteiger partial charge in [-0.05, 0) is 75.2 Å². The van der Waals surface area contributed by atoms with Crippen molar-refractivity contribution in [3.05, 3.63) is 42.3 Å². The number of carboxylic acids is 1. The van der Waals surface area contributed by atoms with Crippen LogP contribution in [0, 0.1) is 19.0 Å². The second kappa shape index (κ2) is 8.07. The van der Waals surface area contributed by atoms with E-state index in [0.717, 1.165) is 30.5 Å². The fourth-order valence-electron chi connectivity index (χ4n) is 2.82. The van der Waals surface area contributed by atoms with E-state index in [0.29, 0.717) is 5.75 Å². The smallest absolute Gasteiger partial charge is 0.307 e. The summed E-state index contributed by atoms with van der Waals surface area (Å²) in [5.74, 6) is 1.25. The van der Waals surface area contributed by atoms with Crippen molar-refractivity contribution in [1.29, 1.82) is 0 Å². The van der Waals surface area contributed by atoms with Crippen molar-refractivity contribution in [3.8, 4) is 11.5 Å².